The van der Waals surface area contributed by atoms with Crippen LogP contribution >= 0.6 is 0 Å². The number of nitrogens with zero attached hydrogens (tertiary/aromatic N) is 4. The average molecular weight is 467 g/mol. The summed E-state index contributed by atoms with van der Waals surface area (Å²) in [5.74, 6) is -5.05. The fraction of sp³-hybridized carbons (Fsp3) is 0.400. The Kier molecular flexibility index (Phi) is 6.48. The molecule has 3 N–H and O–H groups in total. The number of hydrogen-bond acceptors (Lipinski definition) is 6. The lowest BCUT2D eigenvalue weighted by Crippen LogP contribution is -2.59. The van der Waals surface area contributed by atoms with Gasteiger partial charge in [-0.1, -0.05) is 6.92 Å². The number of carboxylic acid groups (broad SMARTS) is 1. The highest BCUT2D eigenvalue weighted by Crippen LogP contribution is 2.41. The first kappa shape index (κ1) is 23.8. The van der Waals surface area contributed by atoms with Gasteiger partial charge in [-0.3, -0.25) is 9.48 Å². The Morgan fingerprint density at radius 3 is 2.48 bits per heavy atom. The summed E-state index contributed by atoms with van der Waals surface area (Å²) in [4.78, 5) is 23.9. The Bertz CT molecular complexity index is 1080. The Balaban J connectivity index is 2.00. The second kappa shape index (κ2) is 8.97. The van der Waals surface area contributed by atoms with Crippen molar-refractivity contribution in [1.82, 2.24) is 14.7 Å². The number of rotatable bonds is 5. The number of aromatic nitrogens is 2. The van der Waals surface area contributed by atoms with E-state index in [1.807, 2.05) is 0 Å². The summed E-state index contributed by atoms with van der Waals surface area (Å²) in [6, 6.07) is 4.12. The number of nitrogens with one attached hydrogen (secondary N) is 1. The molecule has 0 bridgehead atoms. The molecular weight excluding hydrogens is 448 g/mol. The standard InChI is InChI=1S/C20H20F4N6O3/c1-10(20(22,23)24)16-13(8-25)15(6-7-29(16)19(32)33)30-9-14(17(26)31)18(28-30)27-12-4-2-11(21)3-5-12/h2-5,9-10,13,15-16H,6-7H2,1H3,(H2,26,31)(H,27,28)(H,32,33)/p-1. The van der Waals surface area contributed by atoms with Gasteiger partial charge in [0, 0.05) is 18.4 Å². The summed E-state index contributed by atoms with van der Waals surface area (Å²) in [6.07, 6.45) is -5.45. The Morgan fingerprint density at radius 2 is 1.97 bits per heavy atom. The number of primary amides is 1. The van der Waals surface area contributed by atoms with E-state index in [0.717, 1.165) is 23.7 Å². The highest BCUT2D eigenvalue weighted by atomic mass is 19.4. The van der Waals surface area contributed by atoms with Crippen molar-refractivity contribution in [2.45, 2.75) is 31.6 Å². The highest BCUT2D eigenvalue weighted by Gasteiger charge is 2.51. The van der Waals surface area contributed by atoms with E-state index in [-0.39, 0.29) is 24.3 Å². The van der Waals surface area contributed by atoms with Gasteiger partial charge in [-0.15, -0.1) is 0 Å². The van der Waals surface area contributed by atoms with Crippen LogP contribution in [0.2, 0.25) is 0 Å². The predicted octanol–water partition coefficient (Wildman–Crippen LogP) is 2.16. The van der Waals surface area contributed by atoms with Gasteiger partial charge in [0.2, 0.25) is 0 Å². The van der Waals surface area contributed by atoms with Crippen LogP contribution in [0, 0.1) is 29.0 Å². The molecule has 0 saturated carbocycles. The van der Waals surface area contributed by atoms with Gasteiger partial charge >= 0.3 is 6.18 Å². The first-order chi connectivity index (χ1) is 15.4. The quantitative estimate of drug-likeness (QED) is 0.646. The summed E-state index contributed by atoms with van der Waals surface area (Å²) in [6.45, 7) is 0.468. The monoisotopic (exact) mass is 467 g/mol. The number of benzene rings is 1. The number of carbonyl (C=O) groups excluding carboxylic acids is 2. The lowest BCUT2D eigenvalue weighted by molar-refractivity contribution is -0.276. The molecule has 2 aromatic rings. The molecule has 2 heterocycles. The van der Waals surface area contributed by atoms with Crippen LogP contribution in [0.5, 0.6) is 0 Å². The SMILES string of the molecule is CC(C1C(C#N)C(n2cc(C(N)=O)c(Nc3ccc(F)cc3)n2)CCN1C(=O)[O-])C(F)(F)F. The molecule has 13 heteroatoms. The van der Waals surface area contributed by atoms with Crippen molar-refractivity contribution in [2.75, 3.05) is 11.9 Å². The lowest BCUT2D eigenvalue weighted by atomic mass is 9.79. The lowest BCUT2D eigenvalue weighted by Gasteiger charge is -2.46. The number of anilines is 2. The van der Waals surface area contributed by atoms with E-state index in [1.165, 1.54) is 18.3 Å². The van der Waals surface area contributed by atoms with Gasteiger partial charge in [0.25, 0.3) is 5.91 Å². The van der Waals surface area contributed by atoms with E-state index in [2.05, 4.69) is 10.4 Å². The van der Waals surface area contributed by atoms with Gasteiger partial charge in [-0.25, -0.2) is 4.39 Å². The van der Waals surface area contributed by atoms with E-state index >= 15 is 0 Å². The van der Waals surface area contributed by atoms with E-state index in [4.69, 9.17) is 5.73 Å². The molecule has 1 aromatic heterocycles. The second-order valence-corrected chi connectivity index (χ2v) is 7.66. The van der Waals surface area contributed by atoms with Crippen molar-refractivity contribution in [3.8, 4) is 6.07 Å². The molecule has 0 aliphatic carbocycles. The Labute approximate surface area is 185 Å². The van der Waals surface area contributed by atoms with Gasteiger partial charge in [0.15, 0.2) is 5.82 Å². The van der Waals surface area contributed by atoms with Gasteiger partial charge in [0.05, 0.1) is 30.0 Å². The Hall–Kier alpha value is -3.82. The number of nitrogens with two attached hydrogens (primary N) is 1. The van der Waals surface area contributed by atoms with Crippen LogP contribution in [0.25, 0.3) is 0 Å². The molecule has 1 fully saturated rings. The largest absolute Gasteiger partial charge is 0.530 e. The van der Waals surface area contributed by atoms with Crippen molar-refractivity contribution in [2.24, 2.45) is 17.6 Å². The zero-order chi connectivity index (χ0) is 24.5. The van der Waals surface area contributed by atoms with E-state index in [9.17, 15) is 37.5 Å². The molecule has 2 amide bonds. The predicted molar refractivity (Wildman–Crippen MR) is 104 cm³/mol. The zero-order valence-corrected chi connectivity index (χ0v) is 17.2. The third-order valence-corrected chi connectivity index (χ3v) is 5.66. The summed E-state index contributed by atoms with van der Waals surface area (Å²) in [5, 5.41) is 28.2. The van der Waals surface area contributed by atoms with Gasteiger partial charge in [-0.05, 0) is 30.7 Å². The van der Waals surface area contributed by atoms with Crippen LogP contribution in [0.3, 0.4) is 0 Å². The number of carbonyl (C=O) groups is 2. The van der Waals surface area contributed by atoms with E-state index in [0.29, 0.717) is 10.6 Å². The Morgan fingerprint density at radius 1 is 1.33 bits per heavy atom. The van der Waals surface area contributed by atoms with Crippen molar-refractivity contribution in [3.63, 3.8) is 0 Å². The van der Waals surface area contributed by atoms with Crippen LogP contribution in [0.15, 0.2) is 30.5 Å². The third kappa shape index (κ3) is 4.84. The first-order valence-corrected chi connectivity index (χ1v) is 9.79. The number of amides is 2. The smallest absolute Gasteiger partial charge is 0.393 e. The van der Waals surface area contributed by atoms with Crippen LogP contribution in [-0.4, -0.2) is 45.4 Å². The van der Waals surface area contributed by atoms with E-state index < -0.39 is 47.9 Å². The number of piperidine rings is 1. The van der Waals surface area contributed by atoms with Crippen LogP contribution < -0.4 is 16.2 Å². The molecule has 0 spiro atoms. The summed E-state index contributed by atoms with van der Waals surface area (Å²) < 4.78 is 54.7. The van der Waals surface area contributed by atoms with E-state index in [1.54, 1.807) is 6.07 Å². The maximum Gasteiger partial charge on any atom is 0.393 e. The molecule has 9 nitrogen and oxygen atoms in total. The highest BCUT2D eigenvalue weighted by molar-refractivity contribution is 5.98. The minimum Gasteiger partial charge on any atom is -0.530 e. The van der Waals surface area contributed by atoms with Crippen molar-refractivity contribution >= 4 is 23.5 Å². The number of hydrogen-bond donors (Lipinski definition) is 2. The molecule has 1 aliphatic rings. The van der Waals surface area contributed by atoms with Crippen molar-refractivity contribution < 1.29 is 32.3 Å². The van der Waals surface area contributed by atoms with Gasteiger partial charge in [0.1, 0.15) is 17.5 Å². The molecule has 1 saturated heterocycles. The third-order valence-electron chi connectivity index (χ3n) is 5.66. The molecule has 4 unspecified atom stereocenters. The van der Waals surface area contributed by atoms with Gasteiger partial charge < -0.3 is 25.9 Å². The molecule has 176 valence electrons. The molecule has 33 heavy (non-hydrogen) atoms. The summed E-state index contributed by atoms with van der Waals surface area (Å²) in [5.41, 5.74) is 5.64. The number of alkyl halides is 3. The molecule has 3 rings (SSSR count). The molecular formula is C20H19F4N6O3-. The normalized spacial score (nSPS) is 21.8. The second-order valence-electron chi connectivity index (χ2n) is 7.66. The zero-order valence-electron chi connectivity index (χ0n) is 17.2. The van der Waals surface area contributed by atoms with Crippen molar-refractivity contribution in [1.29, 1.82) is 5.26 Å². The number of halogens is 4. The maximum atomic E-state index is 13.5. The number of likely N-dealkylation sites (tertiary alicyclic amines) is 1. The number of nitriles is 1. The summed E-state index contributed by atoms with van der Waals surface area (Å²) in [7, 11) is 0. The van der Waals surface area contributed by atoms with Crippen molar-refractivity contribution in [3.05, 3.63) is 41.8 Å². The van der Waals surface area contributed by atoms with Crippen LogP contribution in [-0.2, 0) is 0 Å². The van der Waals surface area contributed by atoms with Crippen LogP contribution in [0.4, 0.5) is 33.9 Å². The average Bonchev–Trinajstić information content (AvgIpc) is 3.16. The first-order valence-electron chi connectivity index (χ1n) is 9.79. The topological polar surface area (TPSA) is 140 Å². The fourth-order valence-corrected chi connectivity index (χ4v) is 3.97. The fourth-order valence-electron chi connectivity index (χ4n) is 3.97. The molecule has 4 atom stereocenters. The van der Waals surface area contributed by atoms with Crippen LogP contribution in [0.1, 0.15) is 29.7 Å². The maximum absolute atomic E-state index is 13.5. The molecule has 1 aliphatic heterocycles. The minimum absolute atomic E-state index is 0.0476. The molecule has 0 radical (unpaired) electrons. The summed E-state index contributed by atoms with van der Waals surface area (Å²) >= 11 is 0. The molecule has 1 aromatic carbocycles. The van der Waals surface area contributed by atoms with Gasteiger partial charge in [-0.2, -0.15) is 23.5 Å². The minimum atomic E-state index is -4.77.